The molecule has 1 N–H and O–H groups in total. The Morgan fingerprint density at radius 2 is 2.28 bits per heavy atom. The number of imidazole rings is 1. The van der Waals surface area contributed by atoms with Crippen molar-refractivity contribution in [3.63, 3.8) is 0 Å². The molecular formula is C11H16N2O4S. The van der Waals surface area contributed by atoms with Crippen LogP contribution in [0.1, 0.15) is 19.0 Å². The number of aliphatic carboxylic acids is 1. The number of ether oxygens (including phenoxy) is 1. The molecule has 0 aliphatic rings. The van der Waals surface area contributed by atoms with E-state index in [1.54, 1.807) is 17.7 Å². The molecular weight excluding hydrogens is 256 g/mol. The normalized spacial score (nSPS) is 10.3. The molecule has 0 amide bonds. The van der Waals surface area contributed by atoms with E-state index >= 15 is 0 Å². The van der Waals surface area contributed by atoms with E-state index in [1.165, 1.54) is 0 Å². The maximum atomic E-state index is 11.2. The molecule has 0 saturated heterocycles. The number of nitrogens with zero attached hydrogens (tertiary/aromatic N) is 2. The van der Waals surface area contributed by atoms with Gasteiger partial charge in [0.15, 0.2) is 5.16 Å². The third-order valence-corrected chi connectivity index (χ3v) is 3.02. The summed E-state index contributed by atoms with van der Waals surface area (Å²) < 4.78 is 6.61. The van der Waals surface area contributed by atoms with Crippen molar-refractivity contribution in [3.8, 4) is 0 Å². The van der Waals surface area contributed by atoms with E-state index in [-0.39, 0.29) is 18.1 Å². The molecule has 0 unspecified atom stereocenters. The number of rotatable bonds is 7. The van der Waals surface area contributed by atoms with Crippen LogP contribution in [0, 0.1) is 6.92 Å². The predicted molar refractivity (Wildman–Crippen MR) is 66.6 cm³/mol. The lowest BCUT2D eigenvalue weighted by Crippen LogP contribution is -2.09. The Hall–Kier alpha value is -1.50. The van der Waals surface area contributed by atoms with Crippen LogP contribution in [0.25, 0.3) is 0 Å². The van der Waals surface area contributed by atoms with Gasteiger partial charge in [0.1, 0.15) is 0 Å². The first-order valence-electron chi connectivity index (χ1n) is 5.57. The van der Waals surface area contributed by atoms with E-state index in [0.29, 0.717) is 18.3 Å². The van der Waals surface area contributed by atoms with Crippen LogP contribution in [-0.4, -0.2) is 39.0 Å². The molecule has 0 bridgehead atoms. The number of hydrogen-bond donors (Lipinski definition) is 1. The molecule has 1 aromatic heterocycles. The van der Waals surface area contributed by atoms with E-state index in [0.717, 1.165) is 17.5 Å². The molecule has 1 heterocycles. The van der Waals surface area contributed by atoms with Gasteiger partial charge in [0.25, 0.3) is 0 Å². The maximum absolute atomic E-state index is 11.2. The van der Waals surface area contributed by atoms with Crippen LogP contribution < -0.4 is 0 Å². The molecule has 7 heteroatoms. The third-order valence-electron chi connectivity index (χ3n) is 2.05. The molecule has 0 radical (unpaired) electrons. The minimum absolute atomic E-state index is 0.0458. The number of aromatic nitrogens is 2. The van der Waals surface area contributed by atoms with Crippen LogP contribution in [0.2, 0.25) is 0 Å². The van der Waals surface area contributed by atoms with Crippen molar-refractivity contribution in [3.05, 3.63) is 11.9 Å². The van der Waals surface area contributed by atoms with E-state index in [9.17, 15) is 9.59 Å². The van der Waals surface area contributed by atoms with Gasteiger partial charge in [0, 0.05) is 12.7 Å². The van der Waals surface area contributed by atoms with Crippen molar-refractivity contribution >= 4 is 23.7 Å². The fourth-order valence-electron chi connectivity index (χ4n) is 1.37. The lowest BCUT2D eigenvalue weighted by Gasteiger charge is -2.06. The lowest BCUT2D eigenvalue weighted by atomic mass is 10.4. The minimum atomic E-state index is -0.891. The SMILES string of the molecule is CCOC(=O)CCn1cc(C)nc1SCC(=O)O. The summed E-state index contributed by atoms with van der Waals surface area (Å²) in [5, 5.41) is 9.24. The van der Waals surface area contributed by atoms with Gasteiger partial charge in [-0.25, -0.2) is 4.98 Å². The number of aryl methyl sites for hydroxylation is 2. The highest BCUT2D eigenvalue weighted by atomic mass is 32.2. The topological polar surface area (TPSA) is 81.4 Å². The Labute approximate surface area is 109 Å². The first-order valence-corrected chi connectivity index (χ1v) is 6.55. The lowest BCUT2D eigenvalue weighted by molar-refractivity contribution is -0.143. The number of carboxylic acids is 1. The highest BCUT2D eigenvalue weighted by Gasteiger charge is 2.10. The van der Waals surface area contributed by atoms with Gasteiger partial charge in [-0.15, -0.1) is 0 Å². The van der Waals surface area contributed by atoms with Crippen molar-refractivity contribution in [1.29, 1.82) is 0 Å². The fourth-order valence-corrected chi connectivity index (χ4v) is 2.14. The summed E-state index contributed by atoms with van der Waals surface area (Å²) in [5.41, 5.74) is 0.798. The molecule has 0 fully saturated rings. The fraction of sp³-hybridized carbons (Fsp3) is 0.545. The first kappa shape index (κ1) is 14.6. The highest BCUT2D eigenvalue weighted by Crippen LogP contribution is 2.17. The summed E-state index contributed by atoms with van der Waals surface area (Å²) in [6.45, 7) is 4.39. The minimum Gasteiger partial charge on any atom is -0.481 e. The second-order valence-electron chi connectivity index (χ2n) is 3.60. The molecule has 1 rings (SSSR count). The van der Waals surface area contributed by atoms with Crippen LogP contribution in [-0.2, 0) is 20.9 Å². The summed E-state index contributed by atoms with van der Waals surface area (Å²) in [6.07, 6.45) is 2.05. The molecule has 1 aromatic rings. The van der Waals surface area contributed by atoms with E-state index in [4.69, 9.17) is 9.84 Å². The van der Waals surface area contributed by atoms with Gasteiger partial charge in [0.05, 0.1) is 24.5 Å². The molecule has 0 saturated carbocycles. The number of esters is 1. The maximum Gasteiger partial charge on any atom is 0.313 e. The second kappa shape index (κ2) is 7.05. The molecule has 0 atom stereocenters. The van der Waals surface area contributed by atoms with Gasteiger partial charge in [-0.2, -0.15) is 0 Å². The first-order chi connectivity index (χ1) is 8.52. The van der Waals surface area contributed by atoms with E-state index in [1.807, 2.05) is 6.92 Å². The third kappa shape index (κ3) is 4.79. The zero-order valence-corrected chi connectivity index (χ0v) is 11.2. The van der Waals surface area contributed by atoms with Gasteiger partial charge < -0.3 is 14.4 Å². The summed E-state index contributed by atoms with van der Waals surface area (Å²) in [4.78, 5) is 26.0. The highest BCUT2D eigenvalue weighted by molar-refractivity contribution is 7.99. The Kier molecular flexibility index (Phi) is 5.70. The van der Waals surface area contributed by atoms with Crippen molar-refractivity contribution in [2.45, 2.75) is 32.0 Å². The molecule has 100 valence electrons. The Balaban J connectivity index is 2.58. The van der Waals surface area contributed by atoms with Crippen molar-refractivity contribution in [1.82, 2.24) is 9.55 Å². The zero-order chi connectivity index (χ0) is 13.5. The summed E-state index contributed by atoms with van der Waals surface area (Å²) in [6, 6.07) is 0. The monoisotopic (exact) mass is 272 g/mol. The summed E-state index contributed by atoms with van der Waals surface area (Å²) in [5.74, 6) is -1.20. The molecule has 0 spiro atoms. The zero-order valence-electron chi connectivity index (χ0n) is 10.4. The average molecular weight is 272 g/mol. The Morgan fingerprint density at radius 3 is 2.89 bits per heavy atom. The smallest absolute Gasteiger partial charge is 0.313 e. The molecule has 0 aliphatic carbocycles. The number of carbonyl (C=O) groups is 2. The van der Waals surface area contributed by atoms with Crippen LogP contribution in [0.5, 0.6) is 0 Å². The largest absolute Gasteiger partial charge is 0.481 e. The number of hydrogen-bond acceptors (Lipinski definition) is 5. The second-order valence-corrected chi connectivity index (χ2v) is 4.54. The number of thioether (sulfide) groups is 1. The molecule has 18 heavy (non-hydrogen) atoms. The van der Waals surface area contributed by atoms with Crippen LogP contribution in [0.3, 0.4) is 0 Å². The van der Waals surface area contributed by atoms with Crippen molar-refractivity contribution in [2.75, 3.05) is 12.4 Å². The predicted octanol–water partition coefficient (Wildman–Crippen LogP) is 1.32. The summed E-state index contributed by atoms with van der Waals surface area (Å²) >= 11 is 1.14. The van der Waals surface area contributed by atoms with Gasteiger partial charge in [-0.1, -0.05) is 11.8 Å². The summed E-state index contributed by atoms with van der Waals surface area (Å²) in [7, 11) is 0. The molecule has 0 aliphatic heterocycles. The van der Waals surface area contributed by atoms with Crippen LogP contribution >= 0.6 is 11.8 Å². The van der Waals surface area contributed by atoms with Gasteiger partial charge in [-0.05, 0) is 13.8 Å². The van der Waals surface area contributed by atoms with Gasteiger partial charge in [0.2, 0.25) is 0 Å². The number of carboxylic acid groups (broad SMARTS) is 1. The quantitative estimate of drug-likeness (QED) is 0.595. The average Bonchev–Trinajstić information content (AvgIpc) is 2.65. The van der Waals surface area contributed by atoms with Crippen molar-refractivity contribution < 1.29 is 19.4 Å². The van der Waals surface area contributed by atoms with Crippen LogP contribution in [0.15, 0.2) is 11.4 Å². The van der Waals surface area contributed by atoms with E-state index < -0.39 is 5.97 Å². The van der Waals surface area contributed by atoms with Gasteiger partial charge in [-0.3, -0.25) is 9.59 Å². The van der Waals surface area contributed by atoms with Gasteiger partial charge >= 0.3 is 11.9 Å². The molecule has 0 aromatic carbocycles. The molecule has 6 nitrogen and oxygen atoms in total. The van der Waals surface area contributed by atoms with Crippen molar-refractivity contribution in [2.24, 2.45) is 0 Å². The van der Waals surface area contributed by atoms with Crippen LogP contribution in [0.4, 0.5) is 0 Å². The Morgan fingerprint density at radius 1 is 1.56 bits per heavy atom. The standard InChI is InChI=1S/C11H16N2O4S/c1-3-17-10(16)4-5-13-6-8(2)12-11(13)18-7-9(14)15/h6H,3-5,7H2,1-2H3,(H,14,15). The Bertz CT molecular complexity index is 431. The van der Waals surface area contributed by atoms with E-state index in [2.05, 4.69) is 4.98 Å². The number of carbonyl (C=O) groups excluding carboxylic acids is 1.